The van der Waals surface area contributed by atoms with Crippen LogP contribution in [0.2, 0.25) is 0 Å². The van der Waals surface area contributed by atoms with Crippen LogP contribution in [-0.4, -0.2) is 9.79 Å². The molecule has 2 N–H and O–H groups in total. The molecule has 3 aromatic rings. The summed E-state index contributed by atoms with van der Waals surface area (Å²) in [7, 11) is -4.14. The lowest BCUT2D eigenvalue weighted by atomic mass is 10.2. The first kappa shape index (κ1) is 12.6. The fraction of sp³-hybridized carbons (Fsp3) is 0.0769. The van der Waals surface area contributed by atoms with Gasteiger partial charge in [-0.15, -0.1) is 11.3 Å². The van der Waals surface area contributed by atoms with Crippen LogP contribution in [0.25, 0.3) is 11.0 Å². The molecule has 19 heavy (non-hydrogen) atoms. The Morgan fingerprint density at radius 2 is 1.95 bits per heavy atom. The van der Waals surface area contributed by atoms with Crippen molar-refractivity contribution in [2.45, 2.75) is 6.42 Å². The number of hydrogen-bond acceptors (Lipinski definition) is 3. The first-order valence-electron chi connectivity index (χ1n) is 5.65. The van der Waals surface area contributed by atoms with Gasteiger partial charge in [0, 0.05) is 16.7 Å². The lowest BCUT2D eigenvalue weighted by Gasteiger charge is -1.97. The summed E-state index contributed by atoms with van der Waals surface area (Å²) in [6.45, 7) is 0. The van der Waals surface area contributed by atoms with E-state index in [0.29, 0.717) is 6.42 Å². The Morgan fingerprint density at radius 3 is 2.63 bits per heavy atom. The van der Waals surface area contributed by atoms with Crippen LogP contribution in [0.5, 0.6) is 0 Å². The Morgan fingerprint density at radius 1 is 1.16 bits per heavy atom. The fourth-order valence-corrected chi connectivity index (χ4v) is 3.77. The molecular weight excluding hydrogens is 283 g/mol. The molecule has 2 aromatic heterocycles. The van der Waals surface area contributed by atoms with E-state index in [9.17, 15) is 4.57 Å². The molecule has 0 bridgehead atoms. The molecule has 98 valence electrons. The Hall–Kier alpha value is -1.39. The minimum Gasteiger partial charge on any atom is -0.461 e. The van der Waals surface area contributed by atoms with Crippen molar-refractivity contribution < 1.29 is 18.8 Å². The number of rotatable bonds is 3. The summed E-state index contributed by atoms with van der Waals surface area (Å²) < 4.78 is 16.9. The van der Waals surface area contributed by atoms with E-state index in [1.54, 1.807) is 6.07 Å². The fourth-order valence-electron chi connectivity index (χ4n) is 1.91. The van der Waals surface area contributed by atoms with Crippen molar-refractivity contribution in [3.8, 4) is 0 Å². The van der Waals surface area contributed by atoms with Gasteiger partial charge in [0.2, 0.25) is 0 Å². The molecule has 1 aromatic carbocycles. The number of hydrogen-bond donors (Lipinski definition) is 2. The third kappa shape index (κ3) is 2.65. The van der Waals surface area contributed by atoms with Crippen LogP contribution in [0, 0.1) is 0 Å². The maximum atomic E-state index is 11.1. The average molecular weight is 294 g/mol. The monoisotopic (exact) mass is 294 g/mol. The third-order valence-corrected chi connectivity index (χ3v) is 5.36. The summed E-state index contributed by atoms with van der Waals surface area (Å²) in [4.78, 5) is 19.0. The van der Waals surface area contributed by atoms with Gasteiger partial charge < -0.3 is 14.2 Å². The number of thiophene rings is 1. The maximum Gasteiger partial charge on any atom is 0.366 e. The van der Waals surface area contributed by atoms with E-state index >= 15 is 0 Å². The van der Waals surface area contributed by atoms with E-state index in [2.05, 4.69) is 0 Å². The lowest BCUT2D eigenvalue weighted by Crippen LogP contribution is -1.95. The second-order valence-corrected chi connectivity index (χ2v) is 7.25. The summed E-state index contributed by atoms with van der Waals surface area (Å²) in [5, 5.41) is 1.03. The highest BCUT2D eigenvalue weighted by molar-refractivity contribution is 7.67. The highest BCUT2D eigenvalue weighted by Gasteiger charge is 2.19. The third-order valence-electron chi connectivity index (χ3n) is 2.76. The van der Waals surface area contributed by atoms with Crippen molar-refractivity contribution >= 4 is 34.5 Å². The number of furan rings is 1. The quantitative estimate of drug-likeness (QED) is 0.729. The number of fused-ring (bicyclic) bond motifs is 1. The molecule has 0 saturated heterocycles. The average Bonchev–Trinajstić information content (AvgIpc) is 2.94. The van der Waals surface area contributed by atoms with Crippen LogP contribution in [-0.2, 0) is 11.0 Å². The Bertz CT molecular complexity index is 735. The zero-order valence-corrected chi connectivity index (χ0v) is 11.5. The van der Waals surface area contributed by atoms with Crippen molar-refractivity contribution in [3.05, 3.63) is 53.1 Å². The Kier molecular flexibility index (Phi) is 3.07. The van der Waals surface area contributed by atoms with Crippen LogP contribution in [0.3, 0.4) is 0 Å². The summed E-state index contributed by atoms with van der Waals surface area (Å²) in [6.07, 6.45) is 0.541. The van der Waals surface area contributed by atoms with Crippen molar-refractivity contribution in [3.63, 3.8) is 0 Å². The lowest BCUT2D eigenvalue weighted by molar-refractivity contribution is 0.388. The minimum atomic E-state index is -4.14. The van der Waals surface area contributed by atoms with E-state index in [0.717, 1.165) is 32.9 Å². The topological polar surface area (TPSA) is 70.7 Å². The van der Waals surface area contributed by atoms with Gasteiger partial charge in [0.1, 0.15) is 16.0 Å². The first-order valence-corrected chi connectivity index (χ1v) is 8.07. The minimum absolute atomic E-state index is 0.0959. The van der Waals surface area contributed by atoms with Gasteiger partial charge in [-0.05, 0) is 24.3 Å². The van der Waals surface area contributed by atoms with Crippen LogP contribution in [0.1, 0.15) is 10.6 Å². The van der Waals surface area contributed by atoms with E-state index in [-0.39, 0.29) is 4.62 Å². The molecule has 0 aliphatic carbocycles. The molecular formula is C13H11O4PS. The maximum absolute atomic E-state index is 11.1. The summed E-state index contributed by atoms with van der Waals surface area (Å²) in [5.74, 6) is 0.792. The molecule has 0 unspecified atom stereocenters. The molecule has 0 atom stereocenters. The van der Waals surface area contributed by atoms with Gasteiger partial charge in [-0.1, -0.05) is 18.2 Å². The van der Waals surface area contributed by atoms with E-state index < -0.39 is 7.60 Å². The number of benzene rings is 1. The highest BCUT2D eigenvalue weighted by Crippen LogP contribution is 2.36. The zero-order chi connectivity index (χ0) is 13.5. The predicted octanol–water partition coefficient (Wildman–Crippen LogP) is 2.89. The van der Waals surface area contributed by atoms with Gasteiger partial charge in [0.15, 0.2) is 0 Å². The van der Waals surface area contributed by atoms with Gasteiger partial charge in [-0.25, -0.2) is 0 Å². The van der Waals surface area contributed by atoms with Crippen molar-refractivity contribution in [2.75, 3.05) is 0 Å². The SMILES string of the molecule is O=P(O)(O)c1ccc(Cc2cc3ccccc3o2)s1. The largest absolute Gasteiger partial charge is 0.461 e. The highest BCUT2D eigenvalue weighted by atomic mass is 32.1. The summed E-state index contributed by atoms with van der Waals surface area (Å²) in [5.41, 5.74) is 0.823. The first-order chi connectivity index (χ1) is 9.02. The van der Waals surface area contributed by atoms with Gasteiger partial charge in [0.25, 0.3) is 0 Å². The van der Waals surface area contributed by atoms with Crippen LogP contribution >= 0.6 is 18.9 Å². The second kappa shape index (κ2) is 4.62. The molecule has 0 saturated carbocycles. The summed E-state index contributed by atoms with van der Waals surface area (Å²) in [6, 6.07) is 12.9. The van der Waals surface area contributed by atoms with Gasteiger partial charge in [0.05, 0.1) is 0 Å². The van der Waals surface area contributed by atoms with Crippen LogP contribution in [0.15, 0.2) is 46.9 Å². The number of para-hydroxylation sites is 1. The van der Waals surface area contributed by atoms with Gasteiger partial charge >= 0.3 is 7.60 Å². The van der Waals surface area contributed by atoms with Gasteiger partial charge in [-0.2, -0.15) is 0 Å². The molecule has 0 amide bonds. The molecule has 0 fully saturated rings. The van der Waals surface area contributed by atoms with Crippen molar-refractivity contribution in [1.29, 1.82) is 0 Å². The van der Waals surface area contributed by atoms with E-state index in [4.69, 9.17) is 14.2 Å². The van der Waals surface area contributed by atoms with Crippen LogP contribution in [0.4, 0.5) is 0 Å². The molecule has 0 aliphatic heterocycles. The zero-order valence-electron chi connectivity index (χ0n) is 9.81. The smallest absolute Gasteiger partial charge is 0.366 e. The predicted molar refractivity (Wildman–Crippen MR) is 75.0 cm³/mol. The van der Waals surface area contributed by atoms with Gasteiger partial charge in [-0.3, -0.25) is 4.57 Å². The summed E-state index contributed by atoms with van der Waals surface area (Å²) >= 11 is 1.12. The molecule has 3 rings (SSSR count). The molecule has 6 heteroatoms. The van der Waals surface area contributed by atoms with Crippen LogP contribution < -0.4 is 4.62 Å². The standard InChI is InChI=1S/C13H11O4PS/c14-18(15,16)13-6-5-11(19-13)8-10-7-9-3-1-2-4-12(9)17-10/h1-7H,8H2,(H2,14,15,16). The molecule has 0 spiro atoms. The van der Waals surface area contributed by atoms with Crippen molar-refractivity contribution in [2.24, 2.45) is 0 Å². The normalized spacial score (nSPS) is 12.1. The Balaban J connectivity index is 1.88. The Labute approximate surface area is 113 Å². The van der Waals surface area contributed by atoms with Crippen molar-refractivity contribution in [1.82, 2.24) is 0 Å². The molecule has 0 aliphatic rings. The van der Waals surface area contributed by atoms with E-state index in [1.807, 2.05) is 30.3 Å². The molecule has 2 heterocycles. The molecule has 0 radical (unpaired) electrons. The molecule has 4 nitrogen and oxygen atoms in total. The second-order valence-electron chi connectivity index (χ2n) is 4.21. The van der Waals surface area contributed by atoms with E-state index in [1.165, 1.54) is 6.07 Å².